The number of nitrogens with one attached hydrogen (secondary N) is 2. The largest absolute Gasteiger partial charge is 0.379 e. The molecule has 0 radical (unpaired) electrons. The zero-order chi connectivity index (χ0) is 25.0. The summed E-state index contributed by atoms with van der Waals surface area (Å²) in [6.07, 6.45) is 3.92. The first kappa shape index (κ1) is 23.2. The van der Waals surface area contributed by atoms with Crippen LogP contribution in [0, 0.1) is 0 Å². The summed E-state index contributed by atoms with van der Waals surface area (Å²) in [6, 6.07) is 11.9. The Morgan fingerprint density at radius 1 is 0.829 bits per heavy atom. The fraction of sp³-hybridized carbons (Fsp3) is 0.357. The number of rotatable bonds is 5. The summed E-state index contributed by atoms with van der Waals surface area (Å²) < 4.78 is 0. The lowest BCUT2D eigenvalue weighted by atomic mass is 9.50. The molecule has 0 spiro atoms. The number of benzene rings is 2. The van der Waals surface area contributed by atoms with E-state index in [0.717, 1.165) is 62.8 Å². The van der Waals surface area contributed by atoms with E-state index < -0.39 is 11.0 Å². The third-order valence-electron chi connectivity index (χ3n) is 8.17. The van der Waals surface area contributed by atoms with Gasteiger partial charge in [0.2, 0.25) is 0 Å². The maximum Gasteiger partial charge on any atom is 0.130 e. The number of fused-ring (bicyclic) bond motifs is 2. The molecule has 0 fully saturated rings. The molecule has 7 nitrogen and oxygen atoms in total. The Morgan fingerprint density at radius 3 is 1.94 bits per heavy atom. The number of nitrogens with zero attached hydrogens (tertiary/aromatic N) is 4. The van der Waals surface area contributed by atoms with Crippen LogP contribution in [0.25, 0.3) is 22.1 Å². The van der Waals surface area contributed by atoms with Crippen molar-refractivity contribution in [2.75, 3.05) is 0 Å². The monoisotopic (exact) mass is 468 g/mol. The normalized spacial score (nSPS) is 23.7. The first-order valence-electron chi connectivity index (χ1n) is 12.2. The van der Waals surface area contributed by atoms with E-state index in [1.165, 1.54) is 5.57 Å². The SMILES string of the molecule is CC=C(CCC)C1(c2cccc3n[nH]nc23)C(C)=C(C)C(C)=C(C)C1(O)c1cccc2n[nH]nc12. The number of hydrogen-bond acceptors (Lipinski definition) is 5. The van der Waals surface area contributed by atoms with Gasteiger partial charge in [0.05, 0.1) is 5.41 Å². The highest BCUT2D eigenvalue weighted by atomic mass is 16.3. The lowest BCUT2D eigenvalue weighted by Crippen LogP contribution is -2.55. The molecule has 35 heavy (non-hydrogen) atoms. The fourth-order valence-electron chi connectivity index (χ4n) is 6.26. The van der Waals surface area contributed by atoms with Crippen molar-refractivity contribution in [1.29, 1.82) is 0 Å². The number of H-pyrrole nitrogens is 2. The highest BCUT2D eigenvalue weighted by molar-refractivity contribution is 5.85. The molecule has 5 rings (SSSR count). The van der Waals surface area contributed by atoms with Crippen LogP contribution in [-0.4, -0.2) is 35.9 Å². The van der Waals surface area contributed by atoms with E-state index in [0.29, 0.717) is 5.52 Å². The molecule has 2 unspecified atom stereocenters. The number of allylic oxidation sites excluding steroid dienone is 3. The van der Waals surface area contributed by atoms with Crippen LogP contribution < -0.4 is 0 Å². The standard InChI is InChI=1S/C28H32N6O/c1-7-11-20(8-2)27(21-12-9-14-23-25(21)31-33-29-23)18(5)16(3)17(4)19(6)28(27,35)22-13-10-15-24-26(22)32-34-30-24/h8-10,12-15,35H,7,11H2,1-6H3,(H,29,31,33)(H,30,32,34). The van der Waals surface area contributed by atoms with Crippen LogP contribution in [0.3, 0.4) is 0 Å². The smallest absolute Gasteiger partial charge is 0.130 e. The third-order valence-corrected chi connectivity index (χ3v) is 8.17. The Kier molecular flexibility index (Phi) is 5.48. The van der Waals surface area contributed by atoms with E-state index in [4.69, 9.17) is 0 Å². The summed E-state index contributed by atoms with van der Waals surface area (Å²) in [5.74, 6) is 0. The molecule has 7 heteroatoms. The average molecular weight is 469 g/mol. The van der Waals surface area contributed by atoms with Crippen LogP contribution in [0.5, 0.6) is 0 Å². The van der Waals surface area contributed by atoms with Crippen molar-refractivity contribution in [3.05, 3.63) is 81.5 Å². The van der Waals surface area contributed by atoms with Gasteiger partial charge in [-0.05, 0) is 75.5 Å². The lowest BCUT2D eigenvalue weighted by Gasteiger charge is -2.54. The second-order valence-corrected chi connectivity index (χ2v) is 9.52. The average Bonchev–Trinajstić information content (AvgIpc) is 3.55. The van der Waals surface area contributed by atoms with E-state index >= 15 is 0 Å². The fourth-order valence-corrected chi connectivity index (χ4v) is 6.26. The predicted molar refractivity (Wildman–Crippen MR) is 139 cm³/mol. The van der Waals surface area contributed by atoms with Gasteiger partial charge in [-0.2, -0.15) is 30.8 Å². The van der Waals surface area contributed by atoms with Gasteiger partial charge < -0.3 is 5.11 Å². The second kappa shape index (κ2) is 8.27. The van der Waals surface area contributed by atoms with Gasteiger partial charge in [-0.25, -0.2) is 0 Å². The van der Waals surface area contributed by atoms with Gasteiger partial charge in [0.1, 0.15) is 27.7 Å². The molecule has 3 N–H and O–H groups in total. The maximum absolute atomic E-state index is 13.4. The van der Waals surface area contributed by atoms with Crippen LogP contribution >= 0.6 is 0 Å². The van der Waals surface area contributed by atoms with Gasteiger partial charge in [-0.1, -0.05) is 54.8 Å². The molecule has 2 aromatic heterocycles. The van der Waals surface area contributed by atoms with Crippen molar-refractivity contribution in [1.82, 2.24) is 30.8 Å². The minimum Gasteiger partial charge on any atom is -0.379 e. The van der Waals surface area contributed by atoms with Crippen molar-refractivity contribution < 1.29 is 5.11 Å². The summed E-state index contributed by atoms with van der Waals surface area (Å²) in [6.45, 7) is 12.7. The minimum absolute atomic E-state index is 0.665. The van der Waals surface area contributed by atoms with Crippen LogP contribution in [-0.2, 0) is 11.0 Å². The van der Waals surface area contributed by atoms with Crippen molar-refractivity contribution in [3.63, 3.8) is 0 Å². The summed E-state index contributed by atoms with van der Waals surface area (Å²) in [4.78, 5) is 0. The first-order valence-corrected chi connectivity index (χ1v) is 12.2. The number of aromatic amines is 2. The molecule has 4 aromatic rings. The van der Waals surface area contributed by atoms with Crippen molar-refractivity contribution in [2.45, 2.75) is 65.4 Å². The number of aliphatic hydroxyl groups is 1. The summed E-state index contributed by atoms with van der Waals surface area (Å²) >= 11 is 0. The van der Waals surface area contributed by atoms with Crippen LogP contribution in [0.4, 0.5) is 0 Å². The maximum atomic E-state index is 13.4. The molecule has 0 saturated carbocycles. The zero-order valence-corrected chi connectivity index (χ0v) is 21.2. The van der Waals surface area contributed by atoms with E-state index in [9.17, 15) is 5.11 Å². The second-order valence-electron chi connectivity index (χ2n) is 9.52. The summed E-state index contributed by atoms with van der Waals surface area (Å²) in [7, 11) is 0. The van der Waals surface area contributed by atoms with Gasteiger partial charge >= 0.3 is 0 Å². The highest BCUT2D eigenvalue weighted by Gasteiger charge is 2.60. The zero-order valence-electron chi connectivity index (χ0n) is 21.2. The topological polar surface area (TPSA) is 103 Å². The predicted octanol–water partition coefficient (Wildman–Crippen LogP) is 5.79. The molecule has 180 valence electrons. The molecule has 1 aliphatic carbocycles. The molecule has 1 aliphatic rings. The van der Waals surface area contributed by atoms with Crippen LogP contribution in [0.2, 0.25) is 0 Å². The van der Waals surface area contributed by atoms with Crippen molar-refractivity contribution in [2.24, 2.45) is 0 Å². The lowest BCUT2D eigenvalue weighted by molar-refractivity contribution is 0.0169. The van der Waals surface area contributed by atoms with Crippen LogP contribution in [0.15, 0.2) is 70.3 Å². The van der Waals surface area contributed by atoms with E-state index in [-0.39, 0.29) is 0 Å². The highest BCUT2D eigenvalue weighted by Crippen LogP contribution is 2.62. The van der Waals surface area contributed by atoms with Crippen molar-refractivity contribution in [3.8, 4) is 0 Å². The van der Waals surface area contributed by atoms with Crippen molar-refractivity contribution >= 4 is 22.1 Å². The molecule has 0 amide bonds. The molecular formula is C28H32N6O. The van der Waals surface area contributed by atoms with Crippen LogP contribution in [0.1, 0.15) is 65.5 Å². The van der Waals surface area contributed by atoms with Gasteiger partial charge in [-0.15, -0.1) is 0 Å². The number of hydrogen-bond donors (Lipinski definition) is 3. The Bertz CT molecular complexity index is 1540. The molecular weight excluding hydrogens is 436 g/mol. The van der Waals surface area contributed by atoms with E-state index in [1.807, 2.05) is 37.3 Å². The van der Waals surface area contributed by atoms with E-state index in [2.05, 4.69) is 77.6 Å². The number of aromatic nitrogens is 6. The Hall–Kier alpha value is -3.58. The Labute approximate surface area is 205 Å². The molecule has 2 atom stereocenters. The van der Waals surface area contributed by atoms with E-state index in [1.54, 1.807) is 0 Å². The first-order chi connectivity index (χ1) is 16.8. The summed E-state index contributed by atoms with van der Waals surface area (Å²) in [5.41, 5.74) is 7.59. The number of para-hydroxylation sites is 2. The third kappa shape index (κ3) is 2.88. The van der Waals surface area contributed by atoms with Gasteiger partial charge in [-0.3, -0.25) is 0 Å². The quantitative estimate of drug-likeness (QED) is 0.322. The molecule has 0 aliphatic heterocycles. The van der Waals surface area contributed by atoms with Gasteiger partial charge in [0.25, 0.3) is 0 Å². The molecule has 0 saturated heterocycles. The molecule has 2 heterocycles. The Balaban J connectivity index is 2.05. The molecule has 2 aromatic carbocycles. The Morgan fingerprint density at radius 2 is 1.37 bits per heavy atom. The van der Waals surface area contributed by atoms with Gasteiger partial charge in [0, 0.05) is 5.56 Å². The minimum atomic E-state index is -1.44. The summed E-state index contributed by atoms with van der Waals surface area (Å²) in [5, 5.41) is 36.8. The molecule has 0 bridgehead atoms. The van der Waals surface area contributed by atoms with Gasteiger partial charge in [0.15, 0.2) is 0 Å².